The predicted molar refractivity (Wildman–Crippen MR) is 87.4 cm³/mol. The van der Waals surface area contributed by atoms with Crippen molar-refractivity contribution in [2.75, 3.05) is 0 Å². The highest BCUT2D eigenvalue weighted by Crippen LogP contribution is 2.25. The zero-order chi connectivity index (χ0) is 16.9. The van der Waals surface area contributed by atoms with Crippen LogP contribution in [0.2, 0.25) is 0 Å². The van der Waals surface area contributed by atoms with Gasteiger partial charge < -0.3 is 9.57 Å². The van der Waals surface area contributed by atoms with Gasteiger partial charge in [0.1, 0.15) is 12.4 Å². The third-order valence-corrected chi connectivity index (χ3v) is 3.48. The Bertz CT molecular complexity index is 685. The summed E-state index contributed by atoms with van der Waals surface area (Å²) in [6.45, 7) is 0.177. The highest BCUT2D eigenvalue weighted by atomic mass is 79.9. The van der Waals surface area contributed by atoms with Crippen molar-refractivity contribution in [3.63, 3.8) is 0 Å². The number of benzene rings is 2. The van der Waals surface area contributed by atoms with Crippen molar-refractivity contribution in [3.05, 3.63) is 62.5 Å². The summed E-state index contributed by atoms with van der Waals surface area (Å²) in [4.78, 5) is 5.11. The maximum absolute atomic E-state index is 12.3. The van der Waals surface area contributed by atoms with Crippen LogP contribution in [0.5, 0.6) is 5.75 Å². The highest BCUT2D eigenvalue weighted by molar-refractivity contribution is 9.11. The Morgan fingerprint density at radius 1 is 1.04 bits per heavy atom. The minimum absolute atomic E-state index is 0.167. The molecular weight excluding hydrogens is 443 g/mol. The molecule has 0 atom stereocenters. The number of oxime groups is 1. The Hall–Kier alpha value is -1.54. The van der Waals surface area contributed by atoms with Crippen LogP contribution >= 0.6 is 31.9 Å². The van der Waals surface area contributed by atoms with Gasteiger partial charge in [-0.05, 0) is 35.9 Å². The molecule has 2 rings (SSSR count). The topological polar surface area (TPSA) is 30.8 Å². The third-order valence-electron chi connectivity index (χ3n) is 2.56. The summed E-state index contributed by atoms with van der Waals surface area (Å²) in [5.74, 6) is -0.336. The van der Waals surface area contributed by atoms with Crippen LogP contribution in [0, 0.1) is 0 Å². The average molecular weight is 453 g/mol. The van der Waals surface area contributed by atoms with E-state index in [0.717, 1.165) is 14.5 Å². The van der Waals surface area contributed by atoms with Gasteiger partial charge in [-0.1, -0.05) is 49.1 Å². The molecule has 0 heterocycles. The van der Waals surface area contributed by atoms with Crippen molar-refractivity contribution in [1.82, 2.24) is 0 Å². The van der Waals surface area contributed by atoms with E-state index in [4.69, 9.17) is 4.84 Å². The Morgan fingerprint density at radius 3 is 2.35 bits per heavy atom. The Labute approximate surface area is 147 Å². The quantitative estimate of drug-likeness (QED) is 0.432. The summed E-state index contributed by atoms with van der Waals surface area (Å²) in [6, 6.07) is 11.2. The summed E-state index contributed by atoms with van der Waals surface area (Å²) in [5.41, 5.74) is 1.02. The molecule has 0 aliphatic heterocycles. The number of para-hydroxylation sites is 1. The predicted octanol–water partition coefficient (Wildman–Crippen LogP) is 5.66. The maximum Gasteiger partial charge on any atom is 0.573 e. The third kappa shape index (κ3) is 6.23. The van der Waals surface area contributed by atoms with Crippen LogP contribution in [0.3, 0.4) is 0 Å². The fraction of sp³-hybridized carbons (Fsp3) is 0.133. The second-order valence-corrected chi connectivity index (χ2v) is 6.20. The highest BCUT2D eigenvalue weighted by Gasteiger charge is 2.31. The Kier molecular flexibility index (Phi) is 6.06. The molecule has 0 aromatic heterocycles. The van der Waals surface area contributed by atoms with E-state index in [0.29, 0.717) is 0 Å². The molecular formula is C15H10Br2F3NO2. The first-order valence-corrected chi connectivity index (χ1v) is 7.87. The maximum atomic E-state index is 12.3. The zero-order valence-electron chi connectivity index (χ0n) is 11.5. The Balaban J connectivity index is 2.01. The lowest BCUT2D eigenvalue weighted by molar-refractivity contribution is -0.274. The molecule has 0 saturated heterocycles. The van der Waals surface area contributed by atoms with Crippen LogP contribution < -0.4 is 4.74 Å². The number of hydrogen-bond acceptors (Lipinski definition) is 3. The first-order valence-electron chi connectivity index (χ1n) is 6.28. The van der Waals surface area contributed by atoms with E-state index >= 15 is 0 Å². The molecule has 122 valence electrons. The van der Waals surface area contributed by atoms with Crippen molar-refractivity contribution in [2.24, 2.45) is 5.16 Å². The van der Waals surface area contributed by atoms with Crippen LogP contribution in [0.15, 0.2) is 56.6 Å². The molecule has 0 spiro atoms. The standard InChI is InChI=1S/C15H10Br2F3NO2/c16-12-5-10(6-13(17)7-12)9-22-21-8-11-3-1-2-4-14(11)23-15(18,19)20/h1-8H,9H2/b21-8-. The van der Waals surface area contributed by atoms with Crippen LogP contribution in [0.25, 0.3) is 0 Å². The van der Waals surface area contributed by atoms with Gasteiger partial charge in [-0.15, -0.1) is 13.2 Å². The van der Waals surface area contributed by atoms with Gasteiger partial charge in [0.2, 0.25) is 0 Å². The SMILES string of the molecule is FC(F)(F)Oc1ccccc1/C=N\OCc1cc(Br)cc(Br)c1. The number of hydrogen-bond donors (Lipinski definition) is 0. The van der Waals surface area contributed by atoms with Crippen LogP contribution in [0.1, 0.15) is 11.1 Å². The number of ether oxygens (including phenoxy) is 1. The minimum atomic E-state index is -4.76. The molecule has 0 aliphatic carbocycles. The van der Waals surface area contributed by atoms with Gasteiger partial charge in [-0.2, -0.15) is 0 Å². The molecule has 0 saturated carbocycles. The van der Waals surface area contributed by atoms with E-state index in [-0.39, 0.29) is 17.9 Å². The van der Waals surface area contributed by atoms with Crippen molar-refractivity contribution in [1.29, 1.82) is 0 Å². The normalized spacial score (nSPS) is 11.7. The zero-order valence-corrected chi connectivity index (χ0v) is 14.7. The largest absolute Gasteiger partial charge is 0.573 e. The summed E-state index contributed by atoms with van der Waals surface area (Å²) in [6.07, 6.45) is -3.58. The number of nitrogens with zero attached hydrogens (tertiary/aromatic N) is 1. The lowest BCUT2D eigenvalue weighted by Crippen LogP contribution is -2.18. The van der Waals surface area contributed by atoms with E-state index in [1.165, 1.54) is 24.4 Å². The monoisotopic (exact) mass is 451 g/mol. The van der Waals surface area contributed by atoms with Crippen molar-refractivity contribution >= 4 is 38.1 Å². The van der Waals surface area contributed by atoms with Crippen LogP contribution in [-0.2, 0) is 11.4 Å². The fourth-order valence-corrected chi connectivity index (χ4v) is 3.09. The number of alkyl halides is 3. The van der Waals surface area contributed by atoms with Crippen LogP contribution in [-0.4, -0.2) is 12.6 Å². The van der Waals surface area contributed by atoms with Gasteiger partial charge >= 0.3 is 6.36 Å². The van der Waals surface area contributed by atoms with E-state index < -0.39 is 6.36 Å². The van der Waals surface area contributed by atoms with E-state index in [1.807, 2.05) is 18.2 Å². The summed E-state index contributed by atoms with van der Waals surface area (Å²) >= 11 is 6.70. The van der Waals surface area contributed by atoms with Gasteiger partial charge in [0.15, 0.2) is 0 Å². The first kappa shape index (κ1) is 17.8. The van der Waals surface area contributed by atoms with Crippen molar-refractivity contribution in [2.45, 2.75) is 13.0 Å². The van der Waals surface area contributed by atoms with Gasteiger partial charge in [0.05, 0.1) is 6.21 Å². The summed E-state index contributed by atoms with van der Waals surface area (Å²) in [5, 5.41) is 3.68. The molecule has 0 aliphatic rings. The van der Waals surface area contributed by atoms with E-state index in [1.54, 1.807) is 6.07 Å². The van der Waals surface area contributed by atoms with Gasteiger partial charge in [-0.3, -0.25) is 0 Å². The molecule has 0 N–H and O–H groups in total. The van der Waals surface area contributed by atoms with E-state index in [2.05, 4.69) is 41.8 Å². The lowest BCUT2D eigenvalue weighted by Gasteiger charge is -2.10. The summed E-state index contributed by atoms with van der Waals surface area (Å²) in [7, 11) is 0. The van der Waals surface area contributed by atoms with Gasteiger partial charge in [-0.25, -0.2) is 0 Å². The molecule has 0 amide bonds. The minimum Gasteiger partial charge on any atom is -0.405 e. The molecule has 0 radical (unpaired) electrons. The molecule has 3 nitrogen and oxygen atoms in total. The molecule has 0 fully saturated rings. The van der Waals surface area contributed by atoms with Crippen LogP contribution in [0.4, 0.5) is 13.2 Å². The fourth-order valence-electron chi connectivity index (χ4n) is 1.70. The van der Waals surface area contributed by atoms with Crippen molar-refractivity contribution < 1.29 is 22.7 Å². The second kappa shape index (κ2) is 7.83. The number of halogens is 5. The van der Waals surface area contributed by atoms with E-state index in [9.17, 15) is 13.2 Å². The lowest BCUT2D eigenvalue weighted by atomic mass is 10.2. The first-order chi connectivity index (χ1) is 10.8. The smallest absolute Gasteiger partial charge is 0.405 e. The average Bonchev–Trinajstić information content (AvgIpc) is 2.42. The molecule has 8 heteroatoms. The Morgan fingerprint density at radius 2 is 1.70 bits per heavy atom. The summed E-state index contributed by atoms with van der Waals surface area (Å²) < 4.78 is 42.6. The molecule has 23 heavy (non-hydrogen) atoms. The van der Waals surface area contributed by atoms with Gasteiger partial charge in [0.25, 0.3) is 0 Å². The second-order valence-electron chi connectivity index (χ2n) is 4.37. The number of rotatable bonds is 5. The molecule has 0 unspecified atom stereocenters. The van der Waals surface area contributed by atoms with Crippen molar-refractivity contribution in [3.8, 4) is 5.75 Å². The van der Waals surface area contributed by atoms with Gasteiger partial charge in [0, 0.05) is 14.5 Å². The molecule has 2 aromatic rings. The molecule has 0 bridgehead atoms. The molecule has 2 aromatic carbocycles.